The average Bonchev–Trinajstić information content (AvgIpc) is 3.40. The first kappa shape index (κ1) is 15.3. The van der Waals surface area contributed by atoms with Crippen LogP contribution in [-0.2, 0) is 11.2 Å². The van der Waals surface area contributed by atoms with Crippen LogP contribution in [0.4, 0.5) is 0 Å². The van der Waals surface area contributed by atoms with Gasteiger partial charge in [-0.05, 0) is 36.1 Å². The van der Waals surface area contributed by atoms with Gasteiger partial charge >= 0.3 is 0 Å². The second-order valence-electron chi connectivity index (χ2n) is 7.02. The highest BCUT2D eigenvalue weighted by atomic mass is 16.5. The normalized spacial score (nSPS) is 22.0. The standard InChI is InChI=1S/C21H19N3O2/c25-19-12-16(20-22-21(26-23-20)15-7-2-1-3-8-15)13-24(19)18-11-10-14-6-4-5-9-17(14)18/h1-9,16,18H,10-13H2/t16-,18-/m1/s1. The van der Waals surface area contributed by atoms with Crippen LogP contribution in [0.5, 0.6) is 0 Å². The Kier molecular flexibility index (Phi) is 3.59. The monoisotopic (exact) mass is 345 g/mol. The summed E-state index contributed by atoms with van der Waals surface area (Å²) in [6, 6.07) is 18.3. The first-order chi connectivity index (χ1) is 12.8. The third-order valence-electron chi connectivity index (χ3n) is 5.46. The van der Waals surface area contributed by atoms with Crippen molar-refractivity contribution in [1.29, 1.82) is 0 Å². The Balaban J connectivity index is 1.37. The number of hydrogen-bond donors (Lipinski definition) is 0. The van der Waals surface area contributed by atoms with E-state index in [4.69, 9.17) is 4.52 Å². The number of carbonyl (C=O) groups is 1. The van der Waals surface area contributed by atoms with Crippen LogP contribution in [-0.4, -0.2) is 27.5 Å². The lowest BCUT2D eigenvalue weighted by molar-refractivity contribution is -0.129. The molecule has 1 saturated heterocycles. The van der Waals surface area contributed by atoms with Gasteiger partial charge < -0.3 is 9.42 Å². The molecule has 26 heavy (non-hydrogen) atoms. The molecule has 1 aliphatic heterocycles. The molecule has 3 aromatic rings. The van der Waals surface area contributed by atoms with E-state index < -0.39 is 0 Å². The van der Waals surface area contributed by atoms with Crippen LogP contribution in [0.2, 0.25) is 0 Å². The lowest BCUT2D eigenvalue weighted by atomic mass is 10.1. The van der Waals surface area contributed by atoms with E-state index in [9.17, 15) is 4.79 Å². The van der Waals surface area contributed by atoms with Gasteiger partial charge in [0.2, 0.25) is 5.91 Å². The van der Waals surface area contributed by atoms with Gasteiger partial charge in [-0.1, -0.05) is 47.6 Å². The van der Waals surface area contributed by atoms with E-state index >= 15 is 0 Å². The molecule has 5 rings (SSSR count). The van der Waals surface area contributed by atoms with E-state index in [1.165, 1.54) is 11.1 Å². The van der Waals surface area contributed by atoms with Crippen molar-refractivity contribution < 1.29 is 9.32 Å². The second kappa shape index (κ2) is 6.09. The molecule has 2 atom stereocenters. The van der Waals surface area contributed by atoms with Gasteiger partial charge in [-0.15, -0.1) is 0 Å². The Hall–Kier alpha value is -2.95. The van der Waals surface area contributed by atoms with Crippen molar-refractivity contribution in [2.24, 2.45) is 0 Å². The van der Waals surface area contributed by atoms with Crippen LogP contribution >= 0.6 is 0 Å². The van der Waals surface area contributed by atoms with Crippen LogP contribution in [0.15, 0.2) is 59.1 Å². The minimum atomic E-state index is -0.00326. The van der Waals surface area contributed by atoms with E-state index in [0.717, 1.165) is 18.4 Å². The van der Waals surface area contributed by atoms with Crippen molar-refractivity contribution in [1.82, 2.24) is 15.0 Å². The van der Waals surface area contributed by atoms with Crippen molar-refractivity contribution in [2.75, 3.05) is 6.54 Å². The largest absolute Gasteiger partial charge is 0.335 e. The van der Waals surface area contributed by atoms with Gasteiger partial charge in [0.05, 0.1) is 6.04 Å². The number of hydrogen-bond acceptors (Lipinski definition) is 4. The maximum atomic E-state index is 12.7. The predicted molar refractivity (Wildman–Crippen MR) is 96.3 cm³/mol. The minimum absolute atomic E-state index is 0.00326. The molecule has 0 bridgehead atoms. The molecule has 1 amide bonds. The predicted octanol–water partition coefficient (Wildman–Crippen LogP) is 3.74. The maximum Gasteiger partial charge on any atom is 0.257 e. The molecule has 0 spiro atoms. The molecule has 1 aliphatic carbocycles. The Morgan fingerprint density at radius 1 is 1.04 bits per heavy atom. The number of nitrogens with zero attached hydrogens (tertiary/aromatic N) is 3. The molecule has 1 fully saturated rings. The fraction of sp³-hybridized carbons (Fsp3) is 0.286. The number of benzene rings is 2. The Morgan fingerprint density at radius 2 is 1.85 bits per heavy atom. The molecule has 0 saturated carbocycles. The molecule has 2 heterocycles. The smallest absolute Gasteiger partial charge is 0.257 e. The summed E-state index contributed by atoms with van der Waals surface area (Å²) in [6.07, 6.45) is 2.49. The molecular weight excluding hydrogens is 326 g/mol. The molecule has 5 heteroatoms. The zero-order valence-corrected chi connectivity index (χ0v) is 14.3. The summed E-state index contributed by atoms with van der Waals surface area (Å²) in [5.41, 5.74) is 3.55. The SMILES string of the molecule is O=C1C[C@@H](c2noc(-c3ccccc3)n2)CN1[C@@H]1CCc2ccccc21. The van der Waals surface area contributed by atoms with Crippen molar-refractivity contribution in [3.8, 4) is 11.5 Å². The van der Waals surface area contributed by atoms with Gasteiger partial charge in [0.1, 0.15) is 0 Å². The number of fused-ring (bicyclic) bond motifs is 1. The highest BCUT2D eigenvalue weighted by Crippen LogP contribution is 2.40. The quantitative estimate of drug-likeness (QED) is 0.725. The Labute approximate surface area is 151 Å². The molecule has 0 N–H and O–H groups in total. The second-order valence-corrected chi connectivity index (χ2v) is 7.02. The summed E-state index contributed by atoms with van der Waals surface area (Å²) in [5, 5.41) is 4.15. The van der Waals surface area contributed by atoms with Crippen LogP contribution < -0.4 is 0 Å². The molecule has 2 aromatic carbocycles. The third kappa shape index (κ3) is 2.51. The third-order valence-corrected chi connectivity index (χ3v) is 5.46. The maximum absolute atomic E-state index is 12.7. The number of rotatable bonds is 3. The lowest BCUT2D eigenvalue weighted by Crippen LogP contribution is -2.28. The average molecular weight is 345 g/mol. The first-order valence-corrected chi connectivity index (χ1v) is 9.06. The van der Waals surface area contributed by atoms with Gasteiger partial charge in [-0.25, -0.2) is 0 Å². The molecular formula is C21H19N3O2. The van der Waals surface area contributed by atoms with Gasteiger partial charge in [0, 0.05) is 24.4 Å². The Bertz CT molecular complexity index is 951. The van der Waals surface area contributed by atoms with Crippen molar-refractivity contribution in [3.63, 3.8) is 0 Å². The van der Waals surface area contributed by atoms with E-state index in [2.05, 4.69) is 34.4 Å². The minimum Gasteiger partial charge on any atom is -0.335 e. The number of aryl methyl sites for hydroxylation is 1. The van der Waals surface area contributed by atoms with Gasteiger partial charge in [-0.3, -0.25) is 4.79 Å². The van der Waals surface area contributed by atoms with Crippen molar-refractivity contribution in [2.45, 2.75) is 31.2 Å². The summed E-state index contributed by atoms with van der Waals surface area (Å²) < 4.78 is 5.42. The summed E-state index contributed by atoms with van der Waals surface area (Å²) in [7, 11) is 0. The Morgan fingerprint density at radius 3 is 2.73 bits per heavy atom. The number of amides is 1. The topological polar surface area (TPSA) is 59.2 Å². The highest BCUT2D eigenvalue weighted by molar-refractivity contribution is 5.80. The van der Waals surface area contributed by atoms with Crippen LogP contribution in [0.3, 0.4) is 0 Å². The first-order valence-electron chi connectivity index (χ1n) is 9.06. The van der Waals surface area contributed by atoms with Crippen LogP contribution in [0.1, 0.15) is 41.8 Å². The molecule has 0 unspecified atom stereocenters. The fourth-order valence-electron chi connectivity index (χ4n) is 4.16. The molecule has 2 aliphatic rings. The molecule has 1 aromatic heterocycles. The van der Waals surface area contributed by atoms with Gasteiger partial charge in [0.25, 0.3) is 5.89 Å². The van der Waals surface area contributed by atoms with E-state index in [-0.39, 0.29) is 17.9 Å². The highest BCUT2D eigenvalue weighted by Gasteiger charge is 2.39. The number of carbonyl (C=O) groups excluding carboxylic acids is 1. The zero-order chi connectivity index (χ0) is 17.5. The molecule has 130 valence electrons. The van der Waals surface area contributed by atoms with E-state index in [1.54, 1.807) is 0 Å². The fourth-order valence-corrected chi connectivity index (χ4v) is 4.16. The summed E-state index contributed by atoms with van der Waals surface area (Å²) >= 11 is 0. The molecule has 5 nitrogen and oxygen atoms in total. The van der Waals surface area contributed by atoms with Gasteiger partial charge in [0.15, 0.2) is 5.82 Å². The zero-order valence-electron chi connectivity index (χ0n) is 14.3. The van der Waals surface area contributed by atoms with Crippen LogP contribution in [0.25, 0.3) is 11.5 Å². The van der Waals surface area contributed by atoms with Crippen LogP contribution in [0, 0.1) is 0 Å². The summed E-state index contributed by atoms with van der Waals surface area (Å²) in [4.78, 5) is 19.2. The number of likely N-dealkylation sites (tertiary alicyclic amines) is 1. The van der Waals surface area contributed by atoms with Crippen molar-refractivity contribution >= 4 is 5.91 Å². The van der Waals surface area contributed by atoms with E-state index in [1.807, 2.05) is 35.2 Å². The summed E-state index contributed by atoms with van der Waals surface area (Å²) in [6.45, 7) is 0.658. The number of aromatic nitrogens is 2. The molecule has 0 radical (unpaired) electrons. The van der Waals surface area contributed by atoms with Gasteiger partial charge in [-0.2, -0.15) is 4.98 Å². The van der Waals surface area contributed by atoms with E-state index in [0.29, 0.717) is 24.7 Å². The van der Waals surface area contributed by atoms with Crippen molar-refractivity contribution in [3.05, 3.63) is 71.5 Å². The lowest BCUT2D eigenvalue weighted by Gasteiger charge is -2.25. The summed E-state index contributed by atoms with van der Waals surface area (Å²) in [5.74, 6) is 1.32.